The van der Waals surface area contributed by atoms with Crippen LogP contribution in [0.2, 0.25) is 0 Å². The van der Waals surface area contributed by atoms with E-state index in [1.54, 1.807) is 24.3 Å². The number of carbonyl (C=O) groups is 4. The number of hydrogen-bond donors (Lipinski definition) is 1. The van der Waals surface area contributed by atoms with Crippen LogP contribution >= 0.6 is 0 Å². The lowest BCUT2D eigenvalue weighted by molar-refractivity contribution is -0.163. The summed E-state index contributed by atoms with van der Waals surface area (Å²) in [5.41, 5.74) is 0.749. The van der Waals surface area contributed by atoms with Crippen LogP contribution in [0.15, 0.2) is 30.3 Å². The smallest absolute Gasteiger partial charge is 0.328 e. The Hall–Kier alpha value is -2.90. The van der Waals surface area contributed by atoms with Gasteiger partial charge in [-0.05, 0) is 5.56 Å². The van der Waals surface area contributed by atoms with E-state index in [1.165, 1.54) is 6.92 Å². The Kier molecular flexibility index (Phi) is 8.27. The quantitative estimate of drug-likeness (QED) is 0.406. The van der Waals surface area contributed by atoms with E-state index >= 15 is 0 Å². The van der Waals surface area contributed by atoms with E-state index in [1.807, 2.05) is 6.07 Å². The molecule has 0 bridgehead atoms. The molecule has 1 N–H and O–H groups in total. The Morgan fingerprint density at radius 3 is 1.85 bits per heavy atom. The summed E-state index contributed by atoms with van der Waals surface area (Å²) < 4.78 is 13.9. The summed E-state index contributed by atoms with van der Waals surface area (Å²) in [5, 5.41) is 2.53. The van der Waals surface area contributed by atoms with Crippen molar-refractivity contribution in [1.82, 2.24) is 5.32 Å². The van der Waals surface area contributed by atoms with Crippen LogP contribution in [0.4, 0.5) is 0 Å². The molecule has 8 nitrogen and oxygen atoms in total. The van der Waals surface area contributed by atoms with Gasteiger partial charge in [-0.3, -0.25) is 14.4 Å². The van der Waals surface area contributed by atoms with Crippen LogP contribution in [0.25, 0.3) is 0 Å². The highest BCUT2D eigenvalue weighted by Gasteiger charge is 2.42. The fraction of sp³-hybridized carbons (Fsp3) is 0.444. The van der Waals surface area contributed by atoms with Crippen molar-refractivity contribution in [1.29, 1.82) is 0 Å². The molecule has 0 aliphatic carbocycles. The monoisotopic (exact) mass is 365 g/mol. The Bertz CT molecular complexity index is 628. The van der Waals surface area contributed by atoms with E-state index in [0.717, 1.165) is 26.9 Å². The van der Waals surface area contributed by atoms with E-state index in [-0.39, 0.29) is 6.42 Å². The van der Waals surface area contributed by atoms with Gasteiger partial charge in [-0.15, -0.1) is 0 Å². The zero-order valence-corrected chi connectivity index (χ0v) is 15.2. The largest absolute Gasteiger partial charge is 0.468 e. The molecule has 2 atom stereocenters. The van der Waals surface area contributed by atoms with Crippen molar-refractivity contribution >= 4 is 23.8 Å². The first-order valence-corrected chi connectivity index (χ1v) is 7.92. The molecule has 0 fully saturated rings. The number of carbonyl (C=O) groups excluding carboxylic acids is 4. The summed E-state index contributed by atoms with van der Waals surface area (Å²) in [5.74, 6) is -5.29. The van der Waals surface area contributed by atoms with Gasteiger partial charge in [0.15, 0.2) is 5.92 Å². The van der Waals surface area contributed by atoms with Crippen LogP contribution in [0, 0.1) is 11.8 Å². The molecular formula is C18H23NO7. The third-order valence-electron chi connectivity index (χ3n) is 3.94. The van der Waals surface area contributed by atoms with Gasteiger partial charge >= 0.3 is 17.9 Å². The summed E-state index contributed by atoms with van der Waals surface area (Å²) in [6, 6.07) is 7.70. The second kappa shape index (κ2) is 10.2. The summed E-state index contributed by atoms with van der Waals surface area (Å²) >= 11 is 0. The minimum absolute atomic E-state index is 0.0299. The molecule has 0 saturated carbocycles. The average molecular weight is 365 g/mol. The maximum absolute atomic E-state index is 12.3. The van der Waals surface area contributed by atoms with Crippen LogP contribution in [-0.4, -0.2) is 51.2 Å². The number of esters is 3. The van der Waals surface area contributed by atoms with Gasteiger partial charge in [-0.2, -0.15) is 0 Å². The molecule has 0 saturated heterocycles. The number of ether oxygens (including phenoxy) is 3. The van der Waals surface area contributed by atoms with Crippen LogP contribution in [-0.2, 0) is 39.8 Å². The molecule has 0 radical (unpaired) electrons. The second-order valence-electron chi connectivity index (χ2n) is 5.61. The number of rotatable bonds is 8. The van der Waals surface area contributed by atoms with Gasteiger partial charge in [0.05, 0.1) is 27.8 Å². The maximum atomic E-state index is 12.3. The lowest BCUT2D eigenvalue weighted by Gasteiger charge is -2.27. The zero-order chi connectivity index (χ0) is 19.7. The Labute approximate surface area is 151 Å². The van der Waals surface area contributed by atoms with E-state index in [0.29, 0.717) is 0 Å². The first-order valence-electron chi connectivity index (χ1n) is 7.92. The lowest BCUT2D eigenvalue weighted by atomic mass is 9.87. The molecule has 8 heteroatoms. The zero-order valence-electron chi connectivity index (χ0n) is 15.2. The van der Waals surface area contributed by atoms with Crippen molar-refractivity contribution in [3.8, 4) is 0 Å². The van der Waals surface area contributed by atoms with Gasteiger partial charge in [0.2, 0.25) is 5.91 Å². The molecule has 1 aromatic rings. The lowest BCUT2D eigenvalue weighted by Crippen LogP contribution is -2.51. The second-order valence-corrected chi connectivity index (χ2v) is 5.61. The summed E-state index contributed by atoms with van der Waals surface area (Å²) in [6.45, 7) is 1.46. The highest BCUT2D eigenvalue weighted by atomic mass is 16.5. The van der Waals surface area contributed by atoms with Gasteiger partial charge in [-0.1, -0.05) is 37.3 Å². The van der Waals surface area contributed by atoms with Crippen molar-refractivity contribution in [2.75, 3.05) is 21.3 Å². The highest BCUT2D eigenvalue weighted by molar-refractivity contribution is 5.96. The summed E-state index contributed by atoms with van der Waals surface area (Å²) in [6.07, 6.45) is 0.0299. The Morgan fingerprint density at radius 2 is 1.38 bits per heavy atom. The standard InChI is InChI=1S/C18H23NO7/c1-11(14(16(21)24-2)17(22)25-3)15(18(23)26-4)19-13(20)10-12-8-6-5-7-9-12/h5-9,11,14-15H,10H2,1-4H3,(H,19,20)/t11-,15+/m1/s1. The van der Waals surface area contributed by atoms with Crippen molar-refractivity contribution in [2.45, 2.75) is 19.4 Å². The molecule has 0 aliphatic heterocycles. The minimum Gasteiger partial charge on any atom is -0.468 e. The van der Waals surface area contributed by atoms with Gasteiger partial charge in [0, 0.05) is 5.92 Å². The van der Waals surface area contributed by atoms with Crippen LogP contribution in [0.3, 0.4) is 0 Å². The molecule has 0 aliphatic rings. The highest BCUT2D eigenvalue weighted by Crippen LogP contribution is 2.20. The van der Waals surface area contributed by atoms with Crippen molar-refractivity contribution in [3.63, 3.8) is 0 Å². The third-order valence-corrected chi connectivity index (χ3v) is 3.94. The molecule has 0 heterocycles. The average Bonchev–Trinajstić information content (AvgIpc) is 2.65. The van der Waals surface area contributed by atoms with Crippen molar-refractivity contribution in [2.24, 2.45) is 11.8 Å². The van der Waals surface area contributed by atoms with Crippen molar-refractivity contribution in [3.05, 3.63) is 35.9 Å². The van der Waals surface area contributed by atoms with Crippen molar-refractivity contribution < 1.29 is 33.4 Å². The van der Waals surface area contributed by atoms with Gasteiger partial charge < -0.3 is 19.5 Å². The third kappa shape index (κ3) is 5.58. The van der Waals surface area contributed by atoms with E-state index in [9.17, 15) is 19.2 Å². The number of amides is 1. The number of hydrogen-bond acceptors (Lipinski definition) is 7. The molecule has 1 amide bonds. The number of methoxy groups -OCH3 is 3. The predicted octanol–water partition coefficient (Wildman–Crippen LogP) is 0.485. The van der Waals surface area contributed by atoms with Gasteiger partial charge in [0.25, 0.3) is 0 Å². The Morgan fingerprint density at radius 1 is 0.885 bits per heavy atom. The van der Waals surface area contributed by atoms with Gasteiger partial charge in [0.1, 0.15) is 6.04 Å². The molecule has 1 rings (SSSR count). The molecule has 0 aromatic heterocycles. The molecule has 142 valence electrons. The van der Waals surface area contributed by atoms with E-state index in [2.05, 4.69) is 14.8 Å². The fourth-order valence-electron chi connectivity index (χ4n) is 2.51. The predicted molar refractivity (Wildman–Crippen MR) is 90.8 cm³/mol. The molecule has 0 spiro atoms. The first-order chi connectivity index (χ1) is 12.3. The molecular weight excluding hydrogens is 342 g/mol. The maximum Gasteiger partial charge on any atom is 0.328 e. The SMILES string of the molecule is COC(=O)C(C(=O)OC)[C@@H](C)[C@H](NC(=O)Cc1ccccc1)C(=O)OC. The summed E-state index contributed by atoms with van der Waals surface area (Å²) in [4.78, 5) is 48.3. The van der Waals surface area contributed by atoms with E-state index in [4.69, 9.17) is 4.74 Å². The fourth-order valence-corrected chi connectivity index (χ4v) is 2.51. The van der Waals surface area contributed by atoms with Crippen LogP contribution in [0.5, 0.6) is 0 Å². The van der Waals surface area contributed by atoms with Crippen LogP contribution in [0.1, 0.15) is 12.5 Å². The van der Waals surface area contributed by atoms with E-state index < -0.39 is 41.7 Å². The molecule has 1 aromatic carbocycles. The minimum atomic E-state index is -1.38. The molecule has 0 unspecified atom stereocenters. The van der Waals surface area contributed by atoms with Crippen LogP contribution < -0.4 is 5.32 Å². The normalized spacial score (nSPS) is 12.7. The number of nitrogens with one attached hydrogen (secondary N) is 1. The number of benzene rings is 1. The Balaban J connectivity index is 3.00. The van der Waals surface area contributed by atoms with Gasteiger partial charge in [-0.25, -0.2) is 4.79 Å². The molecule has 26 heavy (non-hydrogen) atoms. The topological polar surface area (TPSA) is 108 Å². The summed E-state index contributed by atoms with van der Waals surface area (Å²) in [7, 11) is 3.38. The first kappa shape index (κ1) is 21.1.